The lowest BCUT2D eigenvalue weighted by Gasteiger charge is -2.33. The van der Waals surface area contributed by atoms with Crippen molar-refractivity contribution in [3.8, 4) is 0 Å². The fourth-order valence-electron chi connectivity index (χ4n) is 2.84. The minimum absolute atomic E-state index is 0.809. The van der Waals surface area contributed by atoms with E-state index in [0.29, 0.717) is 0 Å². The highest BCUT2D eigenvalue weighted by molar-refractivity contribution is 5.01. The molecule has 1 saturated heterocycles. The molecule has 1 aliphatic rings. The van der Waals surface area contributed by atoms with Gasteiger partial charge in [-0.3, -0.25) is 0 Å². The predicted molar refractivity (Wildman–Crippen MR) is 79.4 cm³/mol. The van der Waals surface area contributed by atoms with E-state index >= 15 is 0 Å². The summed E-state index contributed by atoms with van der Waals surface area (Å²) in [4.78, 5) is 13.0. The van der Waals surface area contributed by atoms with E-state index < -0.39 is 0 Å². The van der Waals surface area contributed by atoms with Gasteiger partial charge in [0.05, 0.1) is 6.61 Å². The Bertz CT molecular complexity index is 365. The number of likely N-dealkylation sites (tertiary alicyclic amines) is 1. The lowest BCUT2D eigenvalue weighted by Crippen LogP contribution is -2.39. The van der Waals surface area contributed by atoms with Crippen LogP contribution in [-0.2, 0) is 11.3 Å². The molecule has 0 N–H and O–H groups in total. The number of ether oxygens (including phenoxy) is 1. The highest BCUT2D eigenvalue weighted by Crippen LogP contribution is 2.18. The van der Waals surface area contributed by atoms with Gasteiger partial charge in [0.2, 0.25) is 0 Å². The third kappa shape index (κ3) is 5.15. The summed E-state index contributed by atoms with van der Waals surface area (Å²) in [6.45, 7) is 6.42. The van der Waals surface area contributed by atoms with Gasteiger partial charge < -0.3 is 14.5 Å². The summed E-state index contributed by atoms with van der Waals surface area (Å²) in [5.74, 6) is 0.809. The molecule has 0 aromatic carbocycles. The van der Waals surface area contributed by atoms with Crippen LogP contribution < -0.4 is 0 Å². The maximum atomic E-state index is 5.14. The van der Waals surface area contributed by atoms with Crippen LogP contribution in [0.25, 0.3) is 0 Å². The zero-order chi connectivity index (χ0) is 14.2. The number of hydrogen-bond acceptors (Lipinski definition) is 5. The fraction of sp³-hybridized carbons (Fsp3) is 0.733. The van der Waals surface area contributed by atoms with E-state index in [1.165, 1.54) is 31.5 Å². The highest BCUT2D eigenvalue weighted by atomic mass is 16.5. The first kappa shape index (κ1) is 15.4. The molecule has 0 spiro atoms. The summed E-state index contributed by atoms with van der Waals surface area (Å²) in [5.41, 5.74) is 1.19. The van der Waals surface area contributed by atoms with E-state index in [2.05, 4.69) is 26.8 Å². The Labute approximate surface area is 122 Å². The van der Waals surface area contributed by atoms with Gasteiger partial charge in [-0.15, -0.1) is 0 Å². The van der Waals surface area contributed by atoms with Crippen LogP contribution in [0, 0.1) is 5.92 Å². The van der Waals surface area contributed by atoms with E-state index in [4.69, 9.17) is 4.74 Å². The molecule has 0 unspecified atom stereocenters. The fourth-order valence-corrected chi connectivity index (χ4v) is 2.84. The zero-order valence-electron chi connectivity index (χ0n) is 12.7. The van der Waals surface area contributed by atoms with Crippen LogP contribution in [-0.4, -0.2) is 66.7 Å². The SMILES string of the molecule is COCCN1CCC(CN(C)Cc2cncnc2)CC1. The van der Waals surface area contributed by atoms with Crippen LogP contribution >= 0.6 is 0 Å². The first-order chi connectivity index (χ1) is 9.78. The molecule has 0 saturated carbocycles. The number of piperidine rings is 1. The number of rotatable bonds is 7. The van der Waals surface area contributed by atoms with Gasteiger partial charge in [0, 0.05) is 44.7 Å². The minimum atomic E-state index is 0.809. The molecule has 0 radical (unpaired) electrons. The van der Waals surface area contributed by atoms with Gasteiger partial charge in [0.25, 0.3) is 0 Å². The summed E-state index contributed by atoms with van der Waals surface area (Å²) >= 11 is 0. The molecule has 1 aromatic rings. The van der Waals surface area contributed by atoms with Gasteiger partial charge in [-0.2, -0.15) is 0 Å². The summed E-state index contributed by atoms with van der Waals surface area (Å²) in [6.07, 6.45) is 7.96. The Morgan fingerprint density at radius 1 is 1.30 bits per heavy atom. The van der Waals surface area contributed by atoms with Crippen molar-refractivity contribution >= 4 is 0 Å². The molecule has 5 nitrogen and oxygen atoms in total. The second-order valence-corrected chi connectivity index (χ2v) is 5.72. The van der Waals surface area contributed by atoms with E-state index in [1.807, 2.05) is 12.4 Å². The number of hydrogen-bond donors (Lipinski definition) is 0. The Morgan fingerprint density at radius 2 is 2.00 bits per heavy atom. The summed E-state index contributed by atoms with van der Waals surface area (Å²) in [7, 11) is 3.96. The smallest absolute Gasteiger partial charge is 0.115 e. The molecule has 1 aromatic heterocycles. The molecule has 2 heterocycles. The maximum absolute atomic E-state index is 5.14. The summed E-state index contributed by atoms with van der Waals surface area (Å²) < 4.78 is 5.14. The van der Waals surface area contributed by atoms with E-state index in [0.717, 1.165) is 32.2 Å². The maximum Gasteiger partial charge on any atom is 0.115 e. The van der Waals surface area contributed by atoms with E-state index in [-0.39, 0.29) is 0 Å². The molecule has 112 valence electrons. The first-order valence-electron chi connectivity index (χ1n) is 7.41. The Kier molecular flexibility index (Phi) is 6.36. The molecule has 0 amide bonds. The predicted octanol–water partition coefficient (Wildman–Crippen LogP) is 1.27. The van der Waals surface area contributed by atoms with Crippen molar-refractivity contribution in [1.82, 2.24) is 19.8 Å². The molecular weight excluding hydrogens is 252 g/mol. The van der Waals surface area contributed by atoms with Crippen molar-refractivity contribution in [2.75, 3.05) is 46.9 Å². The van der Waals surface area contributed by atoms with Gasteiger partial charge in [-0.1, -0.05) is 0 Å². The molecule has 2 rings (SSSR count). The second-order valence-electron chi connectivity index (χ2n) is 5.72. The van der Waals surface area contributed by atoms with Crippen molar-refractivity contribution < 1.29 is 4.74 Å². The van der Waals surface area contributed by atoms with Crippen LogP contribution in [0.2, 0.25) is 0 Å². The second kappa shape index (κ2) is 8.29. The molecular formula is C15H26N4O. The monoisotopic (exact) mass is 278 g/mol. The van der Waals surface area contributed by atoms with Crippen LogP contribution in [0.1, 0.15) is 18.4 Å². The zero-order valence-corrected chi connectivity index (χ0v) is 12.7. The lowest BCUT2D eigenvalue weighted by molar-refractivity contribution is 0.110. The van der Waals surface area contributed by atoms with Gasteiger partial charge >= 0.3 is 0 Å². The third-order valence-electron chi connectivity index (χ3n) is 3.96. The van der Waals surface area contributed by atoms with E-state index in [9.17, 15) is 0 Å². The van der Waals surface area contributed by atoms with Crippen LogP contribution in [0.3, 0.4) is 0 Å². The van der Waals surface area contributed by atoms with Gasteiger partial charge in [0.1, 0.15) is 6.33 Å². The lowest BCUT2D eigenvalue weighted by atomic mass is 9.96. The Balaban J connectivity index is 1.67. The highest BCUT2D eigenvalue weighted by Gasteiger charge is 2.20. The molecule has 0 aliphatic carbocycles. The quantitative estimate of drug-likeness (QED) is 0.751. The van der Waals surface area contributed by atoms with Crippen LogP contribution in [0.5, 0.6) is 0 Å². The van der Waals surface area contributed by atoms with Crippen molar-refractivity contribution in [1.29, 1.82) is 0 Å². The van der Waals surface area contributed by atoms with Gasteiger partial charge in [-0.25, -0.2) is 9.97 Å². The molecule has 1 fully saturated rings. The molecule has 5 heteroatoms. The Morgan fingerprint density at radius 3 is 2.65 bits per heavy atom. The number of methoxy groups -OCH3 is 1. The average Bonchev–Trinajstić information content (AvgIpc) is 2.47. The molecule has 0 bridgehead atoms. The summed E-state index contributed by atoms with van der Waals surface area (Å²) in [6, 6.07) is 0. The van der Waals surface area contributed by atoms with Crippen molar-refractivity contribution in [2.45, 2.75) is 19.4 Å². The van der Waals surface area contributed by atoms with Gasteiger partial charge in [0.15, 0.2) is 0 Å². The normalized spacial score (nSPS) is 17.8. The molecule has 0 atom stereocenters. The number of aromatic nitrogens is 2. The third-order valence-corrected chi connectivity index (χ3v) is 3.96. The number of nitrogens with zero attached hydrogens (tertiary/aromatic N) is 4. The van der Waals surface area contributed by atoms with Gasteiger partial charge in [-0.05, 0) is 38.9 Å². The first-order valence-corrected chi connectivity index (χ1v) is 7.41. The van der Waals surface area contributed by atoms with Crippen molar-refractivity contribution in [3.05, 3.63) is 24.3 Å². The molecule has 1 aliphatic heterocycles. The van der Waals surface area contributed by atoms with Crippen molar-refractivity contribution in [2.24, 2.45) is 5.92 Å². The Hall–Kier alpha value is -1.04. The molecule has 20 heavy (non-hydrogen) atoms. The largest absolute Gasteiger partial charge is 0.383 e. The topological polar surface area (TPSA) is 41.5 Å². The summed E-state index contributed by atoms with van der Waals surface area (Å²) in [5, 5.41) is 0. The standard InChI is InChI=1S/C15H26N4O/c1-18(12-15-9-16-13-17-10-15)11-14-3-5-19(6-4-14)7-8-20-2/h9-10,13-14H,3-8,11-12H2,1-2H3. The van der Waals surface area contributed by atoms with E-state index in [1.54, 1.807) is 13.4 Å². The van der Waals surface area contributed by atoms with Crippen molar-refractivity contribution in [3.63, 3.8) is 0 Å². The average molecular weight is 278 g/mol. The van der Waals surface area contributed by atoms with Crippen LogP contribution in [0.4, 0.5) is 0 Å². The minimum Gasteiger partial charge on any atom is -0.383 e. The van der Waals surface area contributed by atoms with Crippen LogP contribution in [0.15, 0.2) is 18.7 Å².